The van der Waals surface area contributed by atoms with Gasteiger partial charge in [-0.2, -0.15) is 0 Å². The number of aromatic amines is 1. The van der Waals surface area contributed by atoms with E-state index in [4.69, 9.17) is 0 Å². The number of para-hydroxylation sites is 1. The molecule has 0 amide bonds. The van der Waals surface area contributed by atoms with E-state index >= 15 is 0 Å². The van der Waals surface area contributed by atoms with E-state index < -0.39 is 0 Å². The van der Waals surface area contributed by atoms with Gasteiger partial charge in [0.1, 0.15) is 0 Å². The van der Waals surface area contributed by atoms with Crippen molar-refractivity contribution >= 4 is 28.0 Å². The van der Waals surface area contributed by atoms with Crippen molar-refractivity contribution in [1.29, 1.82) is 0 Å². The van der Waals surface area contributed by atoms with Crippen molar-refractivity contribution in [2.24, 2.45) is 0 Å². The van der Waals surface area contributed by atoms with Gasteiger partial charge in [-0.05, 0) is 22.4 Å². The molecule has 0 radical (unpaired) electrons. The van der Waals surface area contributed by atoms with Gasteiger partial charge in [0.25, 0.3) is 0 Å². The first-order chi connectivity index (χ1) is 10.9. The summed E-state index contributed by atoms with van der Waals surface area (Å²) in [5, 5.41) is 3.46. The number of fused-ring (bicyclic) bond motifs is 2. The lowest BCUT2D eigenvalue weighted by Crippen LogP contribution is -1.94. The lowest BCUT2D eigenvalue weighted by atomic mass is 9.99. The third-order valence-corrected chi connectivity index (χ3v) is 4.19. The standard InChI is InChI=1S/C20H15NO/c22-13-18-17-10-3-4-11-19(17)21-20(18)12-15-8-5-7-14-6-1-2-9-16(14)15/h1-11,13,21H,12H2. The number of carbonyl (C=O) groups excluding carboxylic acids is 1. The summed E-state index contributed by atoms with van der Waals surface area (Å²) < 4.78 is 0. The number of nitrogens with one attached hydrogen (secondary N) is 1. The summed E-state index contributed by atoms with van der Waals surface area (Å²) in [6.07, 6.45) is 1.68. The average Bonchev–Trinajstić information content (AvgIpc) is 2.92. The Morgan fingerprint density at radius 1 is 0.818 bits per heavy atom. The molecule has 0 aliphatic rings. The van der Waals surface area contributed by atoms with Crippen LogP contribution in [0.3, 0.4) is 0 Å². The summed E-state index contributed by atoms with van der Waals surface area (Å²) in [5.74, 6) is 0. The third kappa shape index (κ3) is 2.01. The van der Waals surface area contributed by atoms with Crippen LogP contribution in [0, 0.1) is 0 Å². The van der Waals surface area contributed by atoms with Crippen molar-refractivity contribution in [2.75, 3.05) is 0 Å². The molecule has 2 nitrogen and oxygen atoms in total. The zero-order chi connectivity index (χ0) is 14.9. The number of hydrogen-bond acceptors (Lipinski definition) is 1. The maximum absolute atomic E-state index is 11.5. The van der Waals surface area contributed by atoms with E-state index in [0.29, 0.717) is 0 Å². The predicted octanol–water partition coefficient (Wildman–Crippen LogP) is 4.72. The topological polar surface area (TPSA) is 32.9 Å². The van der Waals surface area contributed by atoms with E-state index in [9.17, 15) is 4.79 Å². The molecular weight excluding hydrogens is 270 g/mol. The molecule has 0 aliphatic heterocycles. The highest BCUT2D eigenvalue weighted by Crippen LogP contribution is 2.26. The summed E-state index contributed by atoms with van der Waals surface area (Å²) in [7, 11) is 0. The molecule has 0 saturated carbocycles. The van der Waals surface area contributed by atoms with Crippen molar-refractivity contribution in [1.82, 2.24) is 4.98 Å². The Balaban J connectivity index is 1.88. The average molecular weight is 285 g/mol. The van der Waals surface area contributed by atoms with Crippen LogP contribution in [0.2, 0.25) is 0 Å². The largest absolute Gasteiger partial charge is 0.358 e. The zero-order valence-electron chi connectivity index (χ0n) is 12.0. The summed E-state index contributed by atoms with van der Waals surface area (Å²) >= 11 is 0. The smallest absolute Gasteiger partial charge is 0.152 e. The molecule has 106 valence electrons. The first-order valence-electron chi connectivity index (χ1n) is 7.38. The van der Waals surface area contributed by atoms with E-state index in [2.05, 4.69) is 41.4 Å². The Bertz CT molecular complexity index is 976. The fourth-order valence-electron chi connectivity index (χ4n) is 3.13. The van der Waals surface area contributed by atoms with E-state index in [1.807, 2.05) is 30.3 Å². The van der Waals surface area contributed by atoms with Gasteiger partial charge in [0.2, 0.25) is 0 Å². The Labute approximate surface area is 128 Å². The Morgan fingerprint density at radius 3 is 2.41 bits per heavy atom. The SMILES string of the molecule is O=Cc1c(Cc2cccc3ccccc23)[nH]c2ccccc12. The van der Waals surface area contributed by atoms with Crippen molar-refractivity contribution in [3.05, 3.63) is 83.6 Å². The fraction of sp³-hybridized carbons (Fsp3) is 0.0500. The molecule has 4 aromatic rings. The lowest BCUT2D eigenvalue weighted by molar-refractivity contribution is 0.112. The van der Waals surface area contributed by atoms with Crippen molar-refractivity contribution in [2.45, 2.75) is 6.42 Å². The molecule has 0 aliphatic carbocycles. The van der Waals surface area contributed by atoms with Gasteiger partial charge in [-0.25, -0.2) is 0 Å². The van der Waals surface area contributed by atoms with Gasteiger partial charge in [-0.1, -0.05) is 60.7 Å². The van der Waals surface area contributed by atoms with Crippen LogP contribution in [0.5, 0.6) is 0 Å². The van der Waals surface area contributed by atoms with Crippen LogP contribution in [-0.2, 0) is 6.42 Å². The minimum Gasteiger partial charge on any atom is -0.358 e. The highest BCUT2D eigenvalue weighted by Gasteiger charge is 2.12. The molecule has 0 saturated heterocycles. The molecule has 3 aromatic carbocycles. The maximum atomic E-state index is 11.5. The lowest BCUT2D eigenvalue weighted by Gasteiger charge is -2.06. The van der Waals surface area contributed by atoms with Crippen LogP contribution in [0.15, 0.2) is 66.7 Å². The quantitative estimate of drug-likeness (QED) is 0.543. The molecule has 1 aromatic heterocycles. The number of H-pyrrole nitrogens is 1. The predicted molar refractivity (Wildman–Crippen MR) is 90.4 cm³/mol. The number of benzene rings is 3. The van der Waals surface area contributed by atoms with E-state index in [-0.39, 0.29) is 0 Å². The van der Waals surface area contributed by atoms with Crippen molar-refractivity contribution in [3.8, 4) is 0 Å². The number of aromatic nitrogens is 1. The Hall–Kier alpha value is -2.87. The highest BCUT2D eigenvalue weighted by atomic mass is 16.1. The van der Waals surface area contributed by atoms with E-state index in [1.54, 1.807) is 0 Å². The first kappa shape index (κ1) is 12.8. The summed E-state index contributed by atoms with van der Waals surface area (Å²) in [5.41, 5.74) is 3.99. The first-order valence-corrected chi connectivity index (χ1v) is 7.38. The number of rotatable bonds is 3. The van der Waals surface area contributed by atoms with Crippen LogP contribution in [0.4, 0.5) is 0 Å². The summed E-state index contributed by atoms with van der Waals surface area (Å²) in [4.78, 5) is 14.9. The molecule has 0 fully saturated rings. The minimum atomic E-state index is 0.726. The zero-order valence-corrected chi connectivity index (χ0v) is 12.0. The van der Waals surface area contributed by atoms with Gasteiger partial charge in [-0.15, -0.1) is 0 Å². The molecule has 1 N–H and O–H groups in total. The van der Waals surface area contributed by atoms with Crippen LogP contribution >= 0.6 is 0 Å². The second kappa shape index (κ2) is 5.15. The molecule has 1 heterocycles. The fourth-order valence-corrected chi connectivity index (χ4v) is 3.13. The van der Waals surface area contributed by atoms with Gasteiger partial charge < -0.3 is 4.98 Å². The second-order valence-corrected chi connectivity index (χ2v) is 5.50. The molecule has 4 rings (SSSR count). The van der Waals surface area contributed by atoms with Crippen molar-refractivity contribution in [3.63, 3.8) is 0 Å². The van der Waals surface area contributed by atoms with Gasteiger partial charge in [0.05, 0.1) is 0 Å². The molecule has 0 atom stereocenters. The van der Waals surface area contributed by atoms with Crippen LogP contribution in [-0.4, -0.2) is 11.3 Å². The molecule has 0 unspecified atom stereocenters. The molecule has 22 heavy (non-hydrogen) atoms. The maximum Gasteiger partial charge on any atom is 0.152 e. The molecule has 0 spiro atoms. The monoisotopic (exact) mass is 285 g/mol. The molecule has 0 bridgehead atoms. The number of carbonyl (C=O) groups is 1. The Morgan fingerprint density at radius 2 is 1.55 bits per heavy atom. The van der Waals surface area contributed by atoms with Crippen LogP contribution in [0.1, 0.15) is 21.6 Å². The third-order valence-electron chi connectivity index (χ3n) is 4.19. The van der Waals surface area contributed by atoms with E-state index in [1.165, 1.54) is 16.3 Å². The number of aldehydes is 1. The molecule has 2 heteroatoms. The molecular formula is C20H15NO. The highest BCUT2D eigenvalue weighted by molar-refractivity contribution is 5.99. The second-order valence-electron chi connectivity index (χ2n) is 5.50. The normalized spacial score (nSPS) is 11.1. The van der Waals surface area contributed by atoms with Gasteiger partial charge in [0, 0.05) is 28.6 Å². The van der Waals surface area contributed by atoms with Crippen molar-refractivity contribution < 1.29 is 4.79 Å². The van der Waals surface area contributed by atoms with Crippen LogP contribution < -0.4 is 0 Å². The van der Waals surface area contributed by atoms with Gasteiger partial charge in [-0.3, -0.25) is 4.79 Å². The van der Waals surface area contributed by atoms with Gasteiger partial charge >= 0.3 is 0 Å². The van der Waals surface area contributed by atoms with Crippen LogP contribution in [0.25, 0.3) is 21.7 Å². The minimum absolute atomic E-state index is 0.726. The number of hydrogen-bond donors (Lipinski definition) is 1. The Kier molecular flexibility index (Phi) is 3.01. The summed E-state index contributed by atoms with van der Waals surface area (Å²) in [6, 6.07) is 22.6. The van der Waals surface area contributed by atoms with Gasteiger partial charge in [0.15, 0.2) is 6.29 Å². The summed E-state index contributed by atoms with van der Waals surface area (Å²) in [6.45, 7) is 0. The van der Waals surface area contributed by atoms with E-state index in [0.717, 1.165) is 34.9 Å².